The molecule has 1 unspecified atom stereocenters. The Morgan fingerprint density at radius 3 is 2.60 bits per heavy atom. The molecular weight excluding hydrogens is 252 g/mol. The van der Waals surface area contributed by atoms with Crippen molar-refractivity contribution in [1.82, 2.24) is 10.2 Å². The van der Waals surface area contributed by atoms with Gasteiger partial charge in [0, 0.05) is 26.2 Å². The summed E-state index contributed by atoms with van der Waals surface area (Å²) in [6, 6.07) is 0. The van der Waals surface area contributed by atoms with E-state index in [1.165, 1.54) is 12.8 Å². The molecule has 0 aromatic rings. The van der Waals surface area contributed by atoms with E-state index >= 15 is 0 Å². The van der Waals surface area contributed by atoms with Crippen LogP contribution in [0, 0.1) is 11.3 Å². The van der Waals surface area contributed by atoms with Crippen molar-refractivity contribution < 1.29 is 9.84 Å². The van der Waals surface area contributed by atoms with Gasteiger partial charge in [0.15, 0.2) is 0 Å². The largest absolute Gasteiger partial charge is 0.394 e. The highest BCUT2D eigenvalue weighted by Crippen LogP contribution is 2.27. The summed E-state index contributed by atoms with van der Waals surface area (Å²) in [5.74, 6) is 0.698. The molecule has 0 spiro atoms. The Bertz CT molecular complexity index is 255. The zero-order valence-corrected chi connectivity index (χ0v) is 13.8. The van der Waals surface area contributed by atoms with E-state index in [0.29, 0.717) is 11.3 Å². The van der Waals surface area contributed by atoms with Gasteiger partial charge >= 0.3 is 0 Å². The molecule has 0 aromatic heterocycles. The lowest BCUT2D eigenvalue weighted by molar-refractivity contribution is -0.0633. The number of hydrogen-bond acceptors (Lipinski definition) is 4. The number of aliphatic hydroxyl groups is 1. The van der Waals surface area contributed by atoms with Gasteiger partial charge in [-0.1, -0.05) is 27.7 Å². The van der Waals surface area contributed by atoms with Crippen LogP contribution in [-0.4, -0.2) is 62.0 Å². The molecule has 20 heavy (non-hydrogen) atoms. The fourth-order valence-electron chi connectivity index (χ4n) is 2.91. The fourth-order valence-corrected chi connectivity index (χ4v) is 2.91. The maximum atomic E-state index is 9.26. The molecule has 2 N–H and O–H groups in total. The smallest absolute Gasteiger partial charge is 0.0932 e. The maximum absolute atomic E-state index is 9.26. The quantitative estimate of drug-likeness (QED) is 0.677. The number of nitrogens with zero attached hydrogens (tertiary/aromatic N) is 1. The van der Waals surface area contributed by atoms with Gasteiger partial charge in [-0.3, -0.25) is 4.90 Å². The molecule has 0 saturated carbocycles. The Balaban J connectivity index is 2.51. The minimum absolute atomic E-state index is 0.00112. The second kappa shape index (κ2) is 8.98. The van der Waals surface area contributed by atoms with Crippen LogP contribution in [0.4, 0.5) is 0 Å². The summed E-state index contributed by atoms with van der Waals surface area (Å²) in [6.45, 7) is 15.1. The molecule has 120 valence electrons. The molecule has 1 atom stereocenters. The number of rotatable bonds is 9. The summed E-state index contributed by atoms with van der Waals surface area (Å²) in [4.78, 5) is 2.47. The molecule has 1 aliphatic rings. The van der Waals surface area contributed by atoms with Crippen molar-refractivity contribution in [3.05, 3.63) is 0 Å². The van der Waals surface area contributed by atoms with E-state index in [9.17, 15) is 5.11 Å². The Morgan fingerprint density at radius 2 is 2.05 bits per heavy atom. The van der Waals surface area contributed by atoms with Crippen molar-refractivity contribution in [2.75, 3.05) is 45.9 Å². The average molecular weight is 286 g/mol. The third-order valence-corrected chi connectivity index (χ3v) is 4.54. The fraction of sp³-hybridized carbons (Fsp3) is 1.00. The average Bonchev–Trinajstić information content (AvgIpc) is 2.46. The number of ether oxygens (including phenoxy) is 1. The van der Waals surface area contributed by atoms with E-state index in [1.807, 2.05) is 0 Å². The number of aliphatic hydroxyl groups excluding tert-OH is 1. The van der Waals surface area contributed by atoms with E-state index in [4.69, 9.17) is 4.74 Å². The first-order valence-corrected chi connectivity index (χ1v) is 8.20. The maximum Gasteiger partial charge on any atom is 0.0932 e. The van der Waals surface area contributed by atoms with E-state index in [0.717, 1.165) is 39.3 Å². The van der Waals surface area contributed by atoms with Crippen molar-refractivity contribution in [2.45, 2.75) is 46.6 Å². The van der Waals surface area contributed by atoms with Gasteiger partial charge < -0.3 is 15.2 Å². The minimum atomic E-state index is -0.00112. The lowest BCUT2D eigenvalue weighted by Crippen LogP contribution is -2.50. The zero-order chi connectivity index (χ0) is 15.0. The van der Waals surface area contributed by atoms with E-state index in [1.54, 1.807) is 0 Å². The lowest BCUT2D eigenvalue weighted by atomic mass is 9.81. The van der Waals surface area contributed by atoms with Crippen molar-refractivity contribution in [2.24, 2.45) is 11.3 Å². The molecule has 1 heterocycles. The molecule has 1 fully saturated rings. The topological polar surface area (TPSA) is 44.7 Å². The van der Waals surface area contributed by atoms with Crippen LogP contribution in [0.5, 0.6) is 0 Å². The summed E-state index contributed by atoms with van der Waals surface area (Å²) < 4.78 is 5.54. The first-order valence-electron chi connectivity index (χ1n) is 8.20. The van der Waals surface area contributed by atoms with Crippen molar-refractivity contribution in [3.8, 4) is 0 Å². The Kier molecular flexibility index (Phi) is 8.03. The summed E-state index contributed by atoms with van der Waals surface area (Å²) in [7, 11) is 0. The van der Waals surface area contributed by atoms with Crippen LogP contribution in [-0.2, 0) is 4.74 Å². The second-order valence-electron chi connectivity index (χ2n) is 6.64. The molecule has 0 amide bonds. The van der Waals surface area contributed by atoms with Crippen LogP contribution in [0.3, 0.4) is 0 Å². The molecule has 0 aromatic carbocycles. The predicted octanol–water partition coefficient (Wildman–Crippen LogP) is 1.73. The molecule has 1 saturated heterocycles. The van der Waals surface area contributed by atoms with Gasteiger partial charge in [0.25, 0.3) is 0 Å². The summed E-state index contributed by atoms with van der Waals surface area (Å²) >= 11 is 0. The standard InChI is InChI=1S/C16H34N2O2/c1-5-16(6-2,12-17-9-14(3)4)13-18-7-8-20-15(10-18)11-19/h14-15,17,19H,5-13H2,1-4H3. The SMILES string of the molecule is CCC(CC)(CNCC(C)C)CN1CCOC(CO)C1. The second-order valence-corrected chi connectivity index (χ2v) is 6.64. The van der Waals surface area contributed by atoms with E-state index < -0.39 is 0 Å². The normalized spacial score (nSPS) is 21.6. The van der Waals surface area contributed by atoms with Crippen LogP contribution in [0.2, 0.25) is 0 Å². The first-order chi connectivity index (χ1) is 9.55. The molecule has 4 heteroatoms. The molecule has 4 nitrogen and oxygen atoms in total. The Labute approximate surface area is 124 Å². The van der Waals surface area contributed by atoms with Crippen LogP contribution in [0.25, 0.3) is 0 Å². The Hall–Kier alpha value is -0.160. The predicted molar refractivity (Wildman–Crippen MR) is 84.0 cm³/mol. The highest BCUT2D eigenvalue weighted by Gasteiger charge is 2.31. The number of nitrogens with one attached hydrogen (secondary N) is 1. The van der Waals surface area contributed by atoms with E-state index in [-0.39, 0.29) is 12.7 Å². The highest BCUT2D eigenvalue weighted by molar-refractivity contribution is 4.85. The van der Waals surface area contributed by atoms with Crippen LogP contribution >= 0.6 is 0 Å². The molecule has 0 aliphatic carbocycles. The van der Waals surface area contributed by atoms with Crippen LogP contribution < -0.4 is 5.32 Å². The summed E-state index contributed by atoms with van der Waals surface area (Å²) in [5.41, 5.74) is 0.340. The van der Waals surface area contributed by atoms with E-state index in [2.05, 4.69) is 37.9 Å². The molecule has 0 bridgehead atoms. The highest BCUT2D eigenvalue weighted by atomic mass is 16.5. The molecular formula is C16H34N2O2. The first kappa shape index (κ1) is 17.9. The third-order valence-electron chi connectivity index (χ3n) is 4.54. The van der Waals surface area contributed by atoms with Crippen LogP contribution in [0.1, 0.15) is 40.5 Å². The molecule has 1 rings (SSSR count). The van der Waals surface area contributed by atoms with Gasteiger partial charge in [-0.25, -0.2) is 0 Å². The monoisotopic (exact) mass is 286 g/mol. The number of hydrogen-bond donors (Lipinski definition) is 2. The molecule has 0 radical (unpaired) electrons. The van der Waals surface area contributed by atoms with Crippen molar-refractivity contribution in [3.63, 3.8) is 0 Å². The lowest BCUT2D eigenvalue weighted by Gasteiger charge is -2.41. The third kappa shape index (κ3) is 5.68. The van der Waals surface area contributed by atoms with Crippen molar-refractivity contribution >= 4 is 0 Å². The number of morpholine rings is 1. The van der Waals surface area contributed by atoms with Gasteiger partial charge in [0.1, 0.15) is 0 Å². The summed E-state index contributed by atoms with van der Waals surface area (Å²) in [6.07, 6.45) is 2.38. The zero-order valence-electron chi connectivity index (χ0n) is 13.8. The molecule has 1 aliphatic heterocycles. The minimum Gasteiger partial charge on any atom is -0.394 e. The van der Waals surface area contributed by atoms with Crippen molar-refractivity contribution in [1.29, 1.82) is 0 Å². The van der Waals surface area contributed by atoms with Gasteiger partial charge in [0.2, 0.25) is 0 Å². The van der Waals surface area contributed by atoms with Gasteiger partial charge in [-0.15, -0.1) is 0 Å². The van der Waals surface area contributed by atoms with Gasteiger partial charge in [-0.05, 0) is 30.7 Å². The van der Waals surface area contributed by atoms with Crippen LogP contribution in [0.15, 0.2) is 0 Å². The van der Waals surface area contributed by atoms with Gasteiger partial charge in [0.05, 0.1) is 19.3 Å². The Morgan fingerprint density at radius 1 is 1.35 bits per heavy atom. The van der Waals surface area contributed by atoms with Gasteiger partial charge in [-0.2, -0.15) is 0 Å². The summed E-state index contributed by atoms with van der Waals surface area (Å²) in [5, 5.41) is 12.9.